The summed E-state index contributed by atoms with van der Waals surface area (Å²) in [6, 6.07) is 7.25. The maximum Gasteiger partial charge on any atom is 0.320 e. The van der Waals surface area contributed by atoms with Crippen LogP contribution in [0.5, 0.6) is 0 Å². The number of benzene rings is 1. The van der Waals surface area contributed by atoms with Gasteiger partial charge in [0.1, 0.15) is 5.54 Å². The van der Waals surface area contributed by atoms with Crippen LogP contribution in [0, 0.1) is 5.41 Å². The number of carbonyl (C=O) groups is 2. The summed E-state index contributed by atoms with van der Waals surface area (Å²) in [7, 11) is 3.98. The topological polar surface area (TPSA) is 73.5 Å². The third-order valence-electron chi connectivity index (χ3n) is 3.46. The molecule has 0 saturated heterocycles. The van der Waals surface area contributed by atoms with Crippen LogP contribution in [-0.4, -0.2) is 43.0 Å². The van der Waals surface area contributed by atoms with Crippen LogP contribution in [0.25, 0.3) is 0 Å². The van der Waals surface area contributed by atoms with Crippen LogP contribution in [-0.2, 0) is 11.3 Å². The molecule has 25 heavy (non-hydrogen) atoms. The number of nitrogens with one attached hydrogen (secondary N) is 3. The molecule has 0 heterocycles. The molecule has 0 radical (unpaired) electrons. The Hall–Kier alpha value is -2.08. The average molecular weight is 348 g/mol. The van der Waals surface area contributed by atoms with Gasteiger partial charge in [0, 0.05) is 18.8 Å². The molecule has 0 aliphatic rings. The number of urea groups is 1. The van der Waals surface area contributed by atoms with Gasteiger partial charge >= 0.3 is 6.03 Å². The van der Waals surface area contributed by atoms with Gasteiger partial charge in [-0.2, -0.15) is 0 Å². The van der Waals surface area contributed by atoms with Crippen molar-refractivity contribution in [3.05, 3.63) is 29.8 Å². The van der Waals surface area contributed by atoms with E-state index >= 15 is 0 Å². The van der Waals surface area contributed by atoms with E-state index in [0.29, 0.717) is 12.2 Å². The summed E-state index contributed by atoms with van der Waals surface area (Å²) < 4.78 is 0. The summed E-state index contributed by atoms with van der Waals surface area (Å²) >= 11 is 0. The van der Waals surface area contributed by atoms with Gasteiger partial charge in [-0.05, 0) is 51.1 Å². The first kappa shape index (κ1) is 21.0. The molecule has 0 bridgehead atoms. The fraction of sp³-hybridized carbons (Fsp3) is 0.579. The summed E-state index contributed by atoms with van der Waals surface area (Å²) in [5, 5.41) is 8.39. The Balaban J connectivity index is 2.64. The summed E-state index contributed by atoms with van der Waals surface area (Å²) in [4.78, 5) is 26.6. The van der Waals surface area contributed by atoms with Crippen molar-refractivity contribution >= 4 is 17.6 Å². The van der Waals surface area contributed by atoms with E-state index in [1.54, 1.807) is 13.8 Å². The highest BCUT2D eigenvalue weighted by molar-refractivity contribution is 5.95. The Kier molecular flexibility index (Phi) is 6.99. The predicted octanol–water partition coefficient (Wildman–Crippen LogP) is 2.81. The lowest BCUT2D eigenvalue weighted by molar-refractivity contribution is -0.126. The number of rotatable bonds is 6. The van der Waals surface area contributed by atoms with E-state index in [-0.39, 0.29) is 11.3 Å². The number of nitrogens with zero attached hydrogens (tertiary/aromatic N) is 1. The van der Waals surface area contributed by atoms with Crippen molar-refractivity contribution in [3.8, 4) is 0 Å². The van der Waals surface area contributed by atoms with Crippen LogP contribution in [0.1, 0.15) is 40.2 Å². The monoisotopic (exact) mass is 348 g/mol. The zero-order valence-electron chi connectivity index (χ0n) is 16.5. The lowest BCUT2D eigenvalue weighted by Gasteiger charge is -2.27. The molecule has 3 amide bonds. The lowest BCUT2D eigenvalue weighted by atomic mass is 9.96. The zero-order chi connectivity index (χ0) is 19.3. The minimum Gasteiger partial charge on any atom is -0.354 e. The van der Waals surface area contributed by atoms with Crippen molar-refractivity contribution in [2.45, 2.75) is 46.7 Å². The van der Waals surface area contributed by atoms with E-state index in [9.17, 15) is 9.59 Å². The molecule has 1 aromatic rings. The van der Waals surface area contributed by atoms with Crippen molar-refractivity contribution in [2.75, 3.05) is 26.0 Å². The molecule has 0 unspecified atom stereocenters. The predicted molar refractivity (Wildman–Crippen MR) is 103 cm³/mol. The SMILES string of the molecule is CN(C)Cc1cccc(NC(=O)NC(C)(C)C(=O)NCC(C)(C)C)c1. The molecular weight excluding hydrogens is 316 g/mol. The van der Waals surface area contributed by atoms with E-state index < -0.39 is 11.6 Å². The van der Waals surface area contributed by atoms with Crippen LogP contribution in [0.15, 0.2) is 24.3 Å². The van der Waals surface area contributed by atoms with E-state index in [1.807, 2.05) is 59.1 Å². The highest BCUT2D eigenvalue weighted by Gasteiger charge is 2.30. The van der Waals surface area contributed by atoms with Gasteiger partial charge in [0.2, 0.25) is 5.91 Å². The van der Waals surface area contributed by atoms with E-state index in [1.165, 1.54) is 0 Å². The van der Waals surface area contributed by atoms with Gasteiger partial charge in [0.25, 0.3) is 0 Å². The summed E-state index contributed by atoms with van der Waals surface area (Å²) in [6.45, 7) is 10.8. The van der Waals surface area contributed by atoms with Crippen molar-refractivity contribution in [1.29, 1.82) is 0 Å². The molecule has 0 atom stereocenters. The molecule has 0 saturated carbocycles. The van der Waals surface area contributed by atoms with Gasteiger partial charge in [-0.25, -0.2) is 4.79 Å². The second-order valence-electron chi connectivity index (χ2n) is 8.39. The Labute approximate surface area is 151 Å². The van der Waals surface area contributed by atoms with Crippen LogP contribution in [0.2, 0.25) is 0 Å². The summed E-state index contributed by atoms with van der Waals surface area (Å²) in [6.07, 6.45) is 0. The normalized spacial score (nSPS) is 12.0. The van der Waals surface area contributed by atoms with Crippen molar-refractivity contribution in [1.82, 2.24) is 15.5 Å². The molecule has 0 aliphatic carbocycles. The van der Waals surface area contributed by atoms with Gasteiger partial charge in [0.05, 0.1) is 0 Å². The number of anilines is 1. The second kappa shape index (κ2) is 8.34. The first-order chi connectivity index (χ1) is 11.4. The van der Waals surface area contributed by atoms with Gasteiger partial charge in [0.15, 0.2) is 0 Å². The van der Waals surface area contributed by atoms with E-state index in [0.717, 1.165) is 12.1 Å². The highest BCUT2D eigenvalue weighted by atomic mass is 16.2. The van der Waals surface area contributed by atoms with E-state index in [2.05, 4.69) is 20.9 Å². The lowest BCUT2D eigenvalue weighted by Crippen LogP contribution is -2.56. The Morgan fingerprint density at radius 1 is 1.08 bits per heavy atom. The molecule has 0 fully saturated rings. The van der Waals surface area contributed by atoms with E-state index in [4.69, 9.17) is 0 Å². The molecule has 6 heteroatoms. The van der Waals surface area contributed by atoms with Gasteiger partial charge in [-0.15, -0.1) is 0 Å². The summed E-state index contributed by atoms with van der Waals surface area (Å²) in [5.41, 5.74) is 0.782. The highest BCUT2D eigenvalue weighted by Crippen LogP contribution is 2.14. The number of carbonyl (C=O) groups excluding carboxylic acids is 2. The third-order valence-corrected chi connectivity index (χ3v) is 3.46. The smallest absolute Gasteiger partial charge is 0.320 e. The molecule has 140 valence electrons. The van der Waals surface area contributed by atoms with Gasteiger partial charge in [-0.3, -0.25) is 4.79 Å². The molecule has 6 nitrogen and oxygen atoms in total. The average Bonchev–Trinajstić information content (AvgIpc) is 2.42. The third kappa shape index (κ3) is 8.03. The largest absolute Gasteiger partial charge is 0.354 e. The first-order valence-electron chi connectivity index (χ1n) is 8.50. The van der Waals surface area contributed by atoms with Gasteiger partial charge < -0.3 is 20.9 Å². The summed E-state index contributed by atoms with van der Waals surface area (Å²) in [5.74, 6) is -0.209. The molecule has 0 aliphatic heterocycles. The van der Waals surface area contributed by atoms with Crippen LogP contribution in [0.4, 0.5) is 10.5 Å². The molecule has 0 aromatic heterocycles. The van der Waals surface area contributed by atoms with Crippen LogP contribution >= 0.6 is 0 Å². The standard InChI is InChI=1S/C19H32N4O2/c1-18(2,3)13-20-16(24)19(4,5)22-17(25)21-15-10-8-9-14(11-15)12-23(6)7/h8-11H,12-13H2,1-7H3,(H,20,24)(H2,21,22,25). The molecule has 1 aromatic carbocycles. The Morgan fingerprint density at radius 2 is 1.72 bits per heavy atom. The first-order valence-corrected chi connectivity index (χ1v) is 8.50. The zero-order valence-corrected chi connectivity index (χ0v) is 16.5. The maximum absolute atomic E-state index is 12.3. The van der Waals surface area contributed by atoms with Crippen LogP contribution < -0.4 is 16.0 Å². The van der Waals surface area contributed by atoms with Crippen LogP contribution in [0.3, 0.4) is 0 Å². The molecular formula is C19H32N4O2. The maximum atomic E-state index is 12.3. The number of hydrogen-bond acceptors (Lipinski definition) is 3. The van der Waals surface area contributed by atoms with Crippen molar-refractivity contribution in [3.63, 3.8) is 0 Å². The molecule has 0 spiro atoms. The number of hydrogen-bond donors (Lipinski definition) is 3. The fourth-order valence-corrected chi connectivity index (χ4v) is 2.18. The fourth-order valence-electron chi connectivity index (χ4n) is 2.18. The quantitative estimate of drug-likeness (QED) is 0.740. The second-order valence-corrected chi connectivity index (χ2v) is 8.39. The minimum absolute atomic E-state index is 0.0130. The number of amides is 3. The minimum atomic E-state index is -1.00. The van der Waals surface area contributed by atoms with Gasteiger partial charge in [-0.1, -0.05) is 32.9 Å². The Bertz CT molecular complexity index is 604. The van der Waals surface area contributed by atoms with Crippen molar-refractivity contribution < 1.29 is 9.59 Å². The molecule has 1 rings (SSSR count). The molecule has 3 N–H and O–H groups in total. The Morgan fingerprint density at radius 3 is 2.28 bits per heavy atom. The van der Waals surface area contributed by atoms with Crippen molar-refractivity contribution in [2.24, 2.45) is 5.41 Å².